The molecule has 1 amide bonds. The van der Waals surface area contributed by atoms with Crippen LogP contribution < -0.4 is 14.9 Å². The molecule has 1 saturated heterocycles. The number of benzene rings is 2. The van der Waals surface area contributed by atoms with Crippen LogP contribution in [0, 0.1) is 0 Å². The molecule has 7 nitrogen and oxygen atoms in total. The molecule has 0 spiro atoms. The van der Waals surface area contributed by atoms with Crippen LogP contribution in [0.4, 0.5) is 17.1 Å². The Morgan fingerprint density at radius 1 is 0.935 bits per heavy atom. The van der Waals surface area contributed by atoms with E-state index in [0.29, 0.717) is 16.9 Å². The van der Waals surface area contributed by atoms with Crippen LogP contribution in [0.25, 0.3) is 0 Å². The summed E-state index contributed by atoms with van der Waals surface area (Å²) in [5, 5.41) is 2.88. The highest BCUT2D eigenvalue weighted by Crippen LogP contribution is 2.23. The highest BCUT2D eigenvalue weighted by molar-refractivity contribution is 7.94. The van der Waals surface area contributed by atoms with Crippen molar-refractivity contribution in [2.45, 2.75) is 51.6 Å². The highest BCUT2D eigenvalue weighted by Gasteiger charge is 2.29. The van der Waals surface area contributed by atoms with E-state index in [-0.39, 0.29) is 18.1 Å². The molecule has 3 rings (SSSR count). The van der Waals surface area contributed by atoms with Crippen LogP contribution in [0.3, 0.4) is 0 Å². The van der Waals surface area contributed by atoms with Gasteiger partial charge in [-0.1, -0.05) is 0 Å². The van der Waals surface area contributed by atoms with E-state index < -0.39 is 14.8 Å². The molecule has 1 fully saturated rings. The predicted octanol–water partition coefficient (Wildman–Crippen LogP) is 4.09. The molecule has 1 heterocycles. The Bertz CT molecular complexity index is 1000. The Morgan fingerprint density at radius 2 is 1.45 bits per heavy atom. The molecule has 168 valence electrons. The zero-order valence-electron chi connectivity index (χ0n) is 18.7. The molecule has 0 aromatic heterocycles. The summed E-state index contributed by atoms with van der Waals surface area (Å²) in [4.78, 5) is 14.8. The van der Waals surface area contributed by atoms with Gasteiger partial charge < -0.3 is 15.0 Å². The summed E-state index contributed by atoms with van der Waals surface area (Å²) >= 11 is 0. The van der Waals surface area contributed by atoms with E-state index in [1.165, 1.54) is 0 Å². The smallest absolute Gasteiger partial charge is 0.255 e. The van der Waals surface area contributed by atoms with Gasteiger partial charge in [0.25, 0.3) is 5.91 Å². The fourth-order valence-electron chi connectivity index (χ4n) is 3.35. The second kappa shape index (κ2) is 8.88. The van der Waals surface area contributed by atoms with Crippen molar-refractivity contribution in [2.24, 2.45) is 0 Å². The van der Waals surface area contributed by atoms with Crippen molar-refractivity contribution in [2.75, 3.05) is 28.0 Å². The predicted molar refractivity (Wildman–Crippen MR) is 125 cm³/mol. The number of nitrogens with zero attached hydrogens (tertiary/aromatic N) is 1. The van der Waals surface area contributed by atoms with Crippen LogP contribution in [0.1, 0.15) is 45.0 Å². The summed E-state index contributed by atoms with van der Waals surface area (Å²) in [6.07, 6.45) is 0.359. The average Bonchev–Trinajstić information content (AvgIpc) is 2.67. The SMILES string of the molecule is CC1CN(c2ccc(NC(=O)c3ccc(NS(=O)(=O)C(C)(C)C)cc3)cc2)CC(C)O1. The van der Waals surface area contributed by atoms with Crippen molar-refractivity contribution in [3.63, 3.8) is 0 Å². The number of ether oxygens (including phenoxy) is 1. The first-order valence-electron chi connectivity index (χ1n) is 10.4. The van der Waals surface area contributed by atoms with E-state index in [9.17, 15) is 13.2 Å². The average molecular weight is 446 g/mol. The molecule has 1 aliphatic heterocycles. The van der Waals surface area contributed by atoms with Crippen molar-refractivity contribution in [3.8, 4) is 0 Å². The monoisotopic (exact) mass is 445 g/mol. The van der Waals surface area contributed by atoms with Crippen molar-refractivity contribution in [1.29, 1.82) is 0 Å². The minimum Gasteiger partial charge on any atom is -0.372 e. The molecule has 0 aliphatic carbocycles. The van der Waals surface area contributed by atoms with Crippen LogP contribution in [0.15, 0.2) is 48.5 Å². The van der Waals surface area contributed by atoms with Gasteiger partial charge in [0.15, 0.2) is 0 Å². The third-order valence-corrected chi connectivity index (χ3v) is 7.23. The van der Waals surface area contributed by atoms with E-state index in [4.69, 9.17) is 4.74 Å². The van der Waals surface area contributed by atoms with Crippen molar-refractivity contribution < 1.29 is 17.9 Å². The molecule has 0 bridgehead atoms. The van der Waals surface area contributed by atoms with E-state index in [2.05, 4.69) is 28.8 Å². The number of carbonyl (C=O) groups excluding carboxylic acids is 1. The third kappa shape index (κ3) is 5.77. The Kier molecular flexibility index (Phi) is 6.62. The second-order valence-corrected chi connectivity index (χ2v) is 11.4. The minimum absolute atomic E-state index is 0.180. The molecule has 2 unspecified atom stereocenters. The maximum Gasteiger partial charge on any atom is 0.255 e. The Labute approximate surface area is 184 Å². The summed E-state index contributed by atoms with van der Waals surface area (Å²) in [5.41, 5.74) is 2.65. The van der Waals surface area contributed by atoms with E-state index in [0.717, 1.165) is 18.8 Å². The van der Waals surface area contributed by atoms with Crippen LogP contribution in [0.5, 0.6) is 0 Å². The minimum atomic E-state index is -3.52. The molecule has 2 atom stereocenters. The van der Waals surface area contributed by atoms with Gasteiger partial charge in [0.2, 0.25) is 10.0 Å². The normalized spacial score (nSPS) is 19.7. The number of sulfonamides is 1. The van der Waals surface area contributed by atoms with Gasteiger partial charge in [0, 0.05) is 35.7 Å². The zero-order chi connectivity index (χ0) is 22.8. The number of nitrogens with one attached hydrogen (secondary N) is 2. The van der Waals surface area contributed by atoms with Gasteiger partial charge in [-0.3, -0.25) is 9.52 Å². The van der Waals surface area contributed by atoms with Crippen LogP contribution in [0.2, 0.25) is 0 Å². The Hall–Kier alpha value is -2.58. The van der Waals surface area contributed by atoms with Gasteiger partial charge in [-0.05, 0) is 83.1 Å². The summed E-state index contributed by atoms with van der Waals surface area (Å²) < 4.78 is 31.9. The lowest BCUT2D eigenvalue weighted by molar-refractivity contribution is -0.00521. The van der Waals surface area contributed by atoms with E-state index in [1.54, 1.807) is 45.0 Å². The first kappa shape index (κ1) is 23.1. The van der Waals surface area contributed by atoms with Crippen LogP contribution in [-0.4, -0.2) is 44.4 Å². The second-order valence-electron chi connectivity index (χ2n) is 8.96. The molecule has 1 aliphatic rings. The highest BCUT2D eigenvalue weighted by atomic mass is 32.2. The van der Waals surface area contributed by atoms with Gasteiger partial charge in [0.05, 0.1) is 17.0 Å². The molecule has 2 aromatic rings. The molecule has 8 heteroatoms. The quantitative estimate of drug-likeness (QED) is 0.724. The fourth-order valence-corrected chi connectivity index (χ4v) is 4.10. The molecule has 31 heavy (non-hydrogen) atoms. The molecular formula is C23H31N3O4S. The number of hydrogen-bond acceptors (Lipinski definition) is 5. The van der Waals surface area contributed by atoms with Crippen molar-refractivity contribution >= 4 is 33.0 Å². The largest absolute Gasteiger partial charge is 0.372 e. The van der Waals surface area contributed by atoms with Crippen molar-refractivity contribution in [3.05, 3.63) is 54.1 Å². The summed E-state index contributed by atoms with van der Waals surface area (Å²) in [6.45, 7) is 10.7. The Morgan fingerprint density at radius 3 is 1.97 bits per heavy atom. The molecule has 0 saturated carbocycles. The summed E-state index contributed by atoms with van der Waals surface area (Å²) in [5.74, 6) is -0.258. The van der Waals surface area contributed by atoms with E-state index in [1.807, 2.05) is 24.3 Å². The van der Waals surface area contributed by atoms with Gasteiger partial charge in [-0.15, -0.1) is 0 Å². The molecular weight excluding hydrogens is 414 g/mol. The van der Waals surface area contributed by atoms with E-state index >= 15 is 0 Å². The standard InChI is InChI=1S/C23H31N3O4S/c1-16-14-26(15-17(2)30-16)21-12-10-19(11-13-21)24-22(27)18-6-8-20(9-7-18)25-31(28,29)23(3,4)5/h6-13,16-17,25H,14-15H2,1-5H3,(H,24,27). The molecule has 2 aromatic carbocycles. The number of anilines is 3. The number of hydrogen-bond donors (Lipinski definition) is 2. The molecule has 0 radical (unpaired) electrons. The van der Waals surface area contributed by atoms with Crippen LogP contribution >= 0.6 is 0 Å². The fraction of sp³-hybridized carbons (Fsp3) is 0.435. The topological polar surface area (TPSA) is 87.7 Å². The first-order chi connectivity index (χ1) is 14.4. The molecule has 2 N–H and O–H groups in total. The number of carbonyl (C=O) groups is 1. The zero-order valence-corrected chi connectivity index (χ0v) is 19.5. The van der Waals surface area contributed by atoms with Gasteiger partial charge in [-0.25, -0.2) is 8.42 Å². The Balaban J connectivity index is 1.62. The number of rotatable bonds is 5. The lowest BCUT2D eigenvalue weighted by Gasteiger charge is -2.36. The lowest BCUT2D eigenvalue weighted by Crippen LogP contribution is -2.45. The van der Waals surface area contributed by atoms with Gasteiger partial charge in [-0.2, -0.15) is 0 Å². The van der Waals surface area contributed by atoms with Gasteiger partial charge in [0.1, 0.15) is 0 Å². The number of amides is 1. The maximum atomic E-state index is 12.6. The number of morpholine rings is 1. The maximum absolute atomic E-state index is 12.6. The van der Waals surface area contributed by atoms with Gasteiger partial charge >= 0.3 is 0 Å². The first-order valence-corrected chi connectivity index (χ1v) is 11.9. The lowest BCUT2D eigenvalue weighted by atomic mass is 10.1. The van der Waals surface area contributed by atoms with Crippen LogP contribution in [-0.2, 0) is 14.8 Å². The summed E-state index contributed by atoms with van der Waals surface area (Å²) in [6, 6.07) is 14.1. The third-order valence-electron chi connectivity index (χ3n) is 5.12. The summed E-state index contributed by atoms with van der Waals surface area (Å²) in [7, 11) is -3.52. The van der Waals surface area contributed by atoms with Crippen molar-refractivity contribution in [1.82, 2.24) is 0 Å².